The fourth-order valence-electron chi connectivity index (χ4n) is 4.12. The van der Waals surface area contributed by atoms with Gasteiger partial charge in [-0.15, -0.1) is 0 Å². The number of aromatic nitrogens is 1. The van der Waals surface area contributed by atoms with Crippen LogP contribution in [0.25, 0.3) is 22.3 Å². The van der Waals surface area contributed by atoms with Gasteiger partial charge in [0.25, 0.3) is 0 Å². The van der Waals surface area contributed by atoms with Crippen molar-refractivity contribution in [3.05, 3.63) is 95.7 Å². The van der Waals surface area contributed by atoms with E-state index in [1.807, 2.05) is 36.4 Å². The van der Waals surface area contributed by atoms with E-state index in [-0.39, 0.29) is 29.7 Å². The van der Waals surface area contributed by atoms with Gasteiger partial charge in [-0.1, -0.05) is 84.0 Å². The zero-order valence-electron chi connectivity index (χ0n) is 16.8. The summed E-state index contributed by atoms with van der Waals surface area (Å²) >= 11 is 0. The summed E-state index contributed by atoms with van der Waals surface area (Å²) in [7, 11) is 0. The fourth-order valence-corrected chi connectivity index (χ4v) is 4.12. The van der Waals surface area contributed by atoms with Crippen molar-refractivity contribution in [3.8, 4) is 22.3 Å². The number of hydrogen-bond acceptors (Lipinski definition) is 5. The molecule has 4 aromatic rings. The molecule has 1 aliphatic rings. The Hall–Kier alpha value is -4.39. The van der Waals surface area contributed by atoms with E-state index >= 15 is 0 Å². The van der Waals surface area contributed by atoms with Gasteiger partial charge in [0.2, 0.25) is 11.6 Å². The highest BCUT2D eigenvalue weighted by molar-refractivity contribution is 5.99. The van der Waals surface area contributed by atoms with Gasteiger partial charge >= 0.3 is 12.1 Å². The average molecular weight is 426 g/mol. The van der Waals surface area contributed by atoms with Crippen molar-refractivity contribution >= 4 is 17.9 Å². The van der Waals surface area contributed by atoms with Crippen LogP contribution >= 0.6 is 0 Å². The molecule has 2 N–H and O–H groups in total. The molecule has 32 heavy (non-hydrogen) atoms. The number of anilines is 1. The number of carboxylic acid groups (broad SMARTS) is 1. The van der Waals surface area contributed by atoms with Crippen LogP contribution in [0.3, 0.4) is 0 Å². The maximum Gasteiger partial charge on any atom is 0.414 e. The molecule has 1 aliphatic carbocycles. The lowest BCUT2D eigenvalue weighted by molar-refractivity contribution is 0.0686. The first kappa shape index (κ1) is 19.6. The van der Waals surface area contributed by atoms with Crippen LogP contribution in [-0.2, 0) is 4.74 Å². The highest BCUT2D eigenvalue weighted by atomic mass is 16.6. The fraction of sp³-hybridized carbons (Fsp3) is 0.0800. The zero-order chi connectivity index (χ0) is 22.1. The van der Waals surface area contributed by atoms with Crippen LogP contribution in [0.4, 0.5) is 10.7 Å². The Balaban J connectivity index is 1.36. The second-order valence-electron chi connectivity index (χ2n) is 7.36. The van der Waals surface area contributed by atoms with Crippen LogP contribution in [0.5, 0.6) is 0 Å². The lowest BCUT2D eigenvalue weighted by Crippen LogP contribution is -2.18. The lowest BCUT2D eigenvalue weighted by atomic mass is 9.98. The van der Waals surface area contributed by atoms with Crippen LogP contribution in [-0.4, -0.2) is 28.9 Å². The first-order valence-corrected chi connectivity index (χ1v) is 10.0. The molecule has 5 rings (SSSR count). The summed E-state index contributed by atoms with van der Waals surface area (Å²) in [6.45, 7) is 0.125. The van der Waals surface area contributed by atoms with Crippen LogP contribution in [0.1, 0.15) is 27.5 Å². The minimum absolute atomic E-state index is 0.0779. The quantitative estimate of drug-likeness (QED) is 0.443. The molecule has 0 fully saturated rings. The van der Waals surface area contributed by atoms with Crippen LogP contribution in [0.15, 0.2) is 83.4 Å². The summed E-state index contributed by atoms with van der Waals surface area (Å²) in [5.74, 6) is -1.43. The van der Waals surface area contributed by atoms with Gasteiger partial charge in [-0.2, -0.15) is 0 Å². The second kappa shape index (κ2) is 8.03. The highest BCUT2D eigenvalue weighted by Crippen LogP contribution is 2.44. The maximum absolute atomic E-state index is 12.6. The second-order valence-corrected chi connectivity index (χ2v) is 7.36. The molecule has 1 amide bonds. The standard InChI is InChI=1S/C25H18N2O5/c28-24(29)22-21(15-8-2-1-3-9-15)23(32-27-22)26-25(30)31-14-20-18-12-6-4-10-16(18)17-11-5-7-13-19(17)20/h1-13,20H,14H2,(H,26,30)(H,28,29). The zero-order valence-corrected chi connectivity index (χ0v) is 16.8. The molecule has 7 nitrogen and oxygen atoms in total. The number of rotatable bonds is 5. The monoisotopic (exact) mass is 426 g/mol. The number of nitrogens with zero attached hydrogens (tertiary/aromatic N) is 1. The van der Waals surface area contributed by atoms with E-state index in [1.54, 1.807) is 30.3 Å². The van der Waals surface area contributed by atoms with Gasteiger partial charge in [-0.25, -0.2) is 9.59 Å². The van der Waals surface area contributed by atoms with Gasteiger partial charge in [-0.3, -0.25) is 5.32 Å². The molecule has 1 heterocycles. The normalized spacial score (nSPS) is 12.1. The maximum atomic E-state index is 12.6. The Morgan fingerprint density at radius 2 is 1.50 bits per heavy atom. The Morgan fingerprint density at radius 1 is 0.906 bits per heavy atom. The Labute approximate surface area is 183 Å². The Morgan fingerprint density at radius 3 is 2.12 bits per heavy atom. The lowest BCUT2D eigenvalue weighted by Gasteiger charge is -2.14. The van der Waals surface area contributed by atoms with E-state index < -0.39 is 12.1 Å². The van der Waals surface area contributed by atoms with Crippen molar-refractivity contribution in [3.63, 3.8) is 0 Å². The van der Waals surface area contributed by atoms with E-state index in [0.717, 1.165) is 22.3 Å². The van der Waals surface area contributed by atoms with Gasteiger partial charge in [0, 0.05) is 5.92 Å². The molecule has 1 aromatic heterocycles. The van der Waals surface area contributed by atoms with E-state index in [2.05, 4.69) is 22.6 Å². The number of aromatic carboxylic acids is 1. The van der Waals surface area contributed by atoms with Crippen LogP contribution in [0, 0.1) is 0 Å². The van der Waals surface area contributed by atoms with E-state index in [9.17, 15) is 14.7 Å². The average Bonchev–Trinajstić information content (AvgIpc) is 3.38. The number of amides is 1. The third-order valence-electron chi connectivity index (χ3n) is 5.52. The number of ether oxygens (including phenoxy) is 1. The summed E-state index contributed by atoms with van der Waals surface area (Å²) < 4.78 is 10.6. The third-order valence-corrected chi connectivity index (χ3v) is 5.52. The van der Waals surface area contributed by atoms with Gasteiger partial charge in [-0.05, 0) is 27.8 Å². The van der Waals surface area contributed by atoms with Crippen LogP contribution in [0.2, 0.25) is 0 Å². The van der Waals surface area contributed by atoms with Crippen molar-refractivity contribution in [1.82, 2.24) is 5.16 Å². The number of hydrogen-bond donors (Lipinski definition) is 2. The molecule has 0 saturated carbocycles. The summed E-state index contributed by atoms with van der Waals surface area (Å²) in [5, 5.41) is 15.5. The molecule has 0 radical (unpaired) electrons. The predicted molar refractivity (Wildman–Crippen MR) is 118 cm³/mol. The SMILES string of the molecule is O=C(Nc1onc(C(=O)O)c1-c1ccccc1)OCC1c2ccccc2-c2ccccc21. The van der Waals surface area contributed by atoms with Crippen LogP contribution < -0.4 is 5.32 Å². The summed E-state index contributed by atoms with van der Waals surface area (Å²) in [4.78, 5) is 24.1. The van der Waals surface area contributed by atoms with E-state index in [4.69, 9.17) is 9.26 Å². The minimum atomic E-state index is -1.26. The first-order chi connectivity index (χ1) is 15.6. The van der Waals surface area contributed by atoms with Crippen molar-refractivity contribution < 1.29 is 24.0 Å². The van der Waals surface area contributed by atoms with Gasteiger partial charge in [0.05, 0.1) is 5.56 Å². The molecule has 3 aromatic carbocycles. The molecular weight excluding hydrogens is 408 g/mol. The first-order valence-electron chi connectivity index (χ1n) is 10.0. The van der Waals surface area contributed by atoms with Crippen molar-refractivity contribution in [2.75, 3.05) is 11.9 Å². The Kier molecular flexibility index (Phi) is 4.91. The number of fused-ring (bicyclic) bond motifs is 3. The summed E-state index contributed by atoms with van der Waals surface area (Å²) in [6.07, 6.45) is -0.753. The molecule has 0 unspecified atom stereocenters. The van der Waals surface area contributed by atoms with Crippen molar-refractivity contribution in [2.45, 2.75) is 5.92 Å². The summed E-state index contributed by atoms with van der Waals surface area (Å²) in [5.41, 5.74) is 4.91. The Bertz CT molecular complexity index is 1270. The minimum Gasteiger partial charge on any atom is -0.476 e. The largest absolute Gasteiger partial charge is 0.476 e. The number of carbonyl (C=O) groups is 2. The third kappa shape index (κ3) is 3.39. The highest BCUT2D eigenvalue weighted by Gasteiger charge is 2.30. The van der Waals surface area contributed by atoms with E-state index in [0.29, 0.717) is 5.56 Å². The van der Waals surface area contributed by atoms with Gasteiger partial charge in [0.1, 0.15) is 6.61 Å². The molecule has 0 spiro atoms. The number of benzene rings is 3. The van der Waals surface area contributed by atoms with E-state index in [1.165, 1.54) is 0 Å². The molecule has 0 aliphatic heterocycles. The van der Waals surface area contributed by atoms with Gasteiger partial charge < -0.3 is 14.4 Å². The van der Waals surface area contributed by atoms with Crippen molar-refractivity contribution in [1.29, 1.82) is 0 Å². The molecule has 158 valence electrons. The molecule has 0 atom stereocenters. The molecular formula is C25H18N2O5. The summed E-state index contributed by atoms with van der Waals surface area (Å²) in [6, 6.07) is 24.8. The molecule has 0 bridgehead atoms. The molecule has 0 saturated heterocycles. The molecule has 7 heteroatoms. The predicted octanol–water partition coefficient (Wildman–Crippen LogP) is 5.40. The number of nitrogens with one attached hydrogen (secondary N) is 1. The number of carbonyl (C=O) groups excluding carboxylic acids is 1. The van der Waals surface area contributed by atoms with Gasteiger partial charge in [0.15, 0.2) is 0 Å². The topological polar surface area (TPSA) is 102 Å². The van der Waals surface area contributed by atoms with Crippen molar-refractivity contribution in [2.24, 2.45) is 0 Å². The smallest absolute Gasteiger partial charge is 0.414 e. The number of carboxylic acids is 1.